The first-order valence-corrected chi connectivity index (χ1v) is 10.7. The summed E-state index contributed by atoms with van der Waals surface area (Å²) in [5.74, 6) is 0.150. The van der Waals surface area contributed by atoms with E-state index in [2.05, 4.69) is 19.1 Å². The van der Waals surface area contributed by atoms with Gasteiger partial charge in [0.25, 0.3) is 0 Å². The lowest BCUT2D eigenvalue weighted by atomic mass is 10.0. The van der Waals surface area contributed by atoms with Crippen LogP contribution < -0.4 is 4.74 Å². The van der Waals surface area contributed by atoms with Crippen molar-refractivity contribution in [2.75, 3.05) is 6.61 Å². The van der Waals surface area contributed by atoms with Gasteiger partial charge in [-0.2, -0.15) is 0 Å². The molecule has 0 saturated carbocycles. The summed E-state index contributed by atoms with van der Waals surface area (Å²) < 4.78 is 7.78. The van der Waals surface area contributed by atoms with Crippen molar-refractivity contribution < 1.29 is 19.7 Å². The maximum Gasteiger partial charge on any atom is 0.307 e. The number of fused-ring (bicyclic) bond motifs is 1. The summed E-state index contributed by atoms with van der Waals surface area (Å²) in [6, 6.07) is 25.2. The Labute approximate surface area is 187 Å². The summed E-state index contributed by atoms with van der Waals surface area (Å²) in [5, 5.41) is 21.1. The molecule has 2 unspecified atom stereocenters. The van der Waals surface area contributed by atoms with Crippen molar-refractivity contribution in [2.45, 2.75) is 32.4 Å². The lowest BCUT2D eigenvalue weighted by molar-refractivity contribution is -0.136. The fourth-order valence-electron chi connectivity index (χ4n) is 4.07. The number of rotatable bonds is 8. The number of hydrogen-bond acceptors (Lipinski definition) is 3. The zero-order valence-electron chi connectivity index (χ0n) is 18.2. The van der Waals surface area contributed by atoms with Crippen molar-refractivity contribution in [3.8, 4) is 5.75 Å². The molecule has 0 bridgehead atoms. The minimum Gasteiger partial charge on any atom is -0.493 e. The Balaban J connectivity index is 1.51. The van der Waals surface area contributed by atoms with Crippen LogP contribution in [0.4, 0.5) is 0 Å². The van der Waals surface area contributed by atoms with Gasteiger partial charge in [0.15, 0.2) is 6.23 Å². The van der Waals surface area contributed by atoms with Crippen molar-refractivity contribution >= 4 is 16.9 Å². The molecule has 4 rings (SSSR count). The van der Waals surface area contributed by atoms with E-state index in [1.54, 1.807) is 0 Å². The van der Waals surface area contributed by atoms with Crippen molar-refractivity contribution in [3.05, 3.63) is 101 Å². The summed E-state index contributed by atoms with van der Waals surface area (Å²) in [7, 11) is 0. The molecule has 0 fully saturated rings. The Bertz CT molecular complexity index is 1210. The number of carboxylic acids is 1. The highest BCUT2D eigenvalue weighted by Gasteiger charge is 2.18. The van der Waals surface area contributed by atoms with Gasteiger partial charge in [0.1, 0.15) is 5.75 Å². The number of carboxylic acid groups (broad SMARTS) is 1. The van der Waals surface area contributed by atoms with Crippen LogP contribution in [0.2, 0.25) is 0 Å². The number of aliphatic hydroxyl groups excluding tert-OH is 1. The van der Waals surface area contributed by atoms with Gasteiger partial charge in [-0.15, -0.1) is 0 Å². The van der Waals surface area contributed by atoms with Gasteiger partial charge in [-0.05, 0) is 42.3 Å². The second kappa shape index (κ2) is 9.28. The van der Waals surface area contributed by atoms with E-state index in [4.69, 9.17) is 4.74 Å². The van der Waals surface area contributed by atoms with Gasteiger partial charge in [-0.25, -0.2) is 0 Å². The quantitative estimate of drug-likeness (QED) is 0.399. The summed E-state index contributed by atoms with van der Waals surface area (Å²) in [4.78, 5) is 11.2. The Morgan fingerprint density at radius 2 is 1.69 bits per heavy atom. The van der Waals surface area contributed by atoms with E-state index >= 15 is 0 Å². The average molecular weight is 430 g/mol. The van der Waals surface area contributed by atoms with E-state index in [0.717, 1.165) is 33.5 Å². The molecule has 0 aliphatic carbocycles. The molecule has 0 radical (unpaired) electrons. The Morgan fingerprint density at radius 3 is 2.38 bits per heavy atom. The summed E-state index contributed by atoms with van der Waals surface area (Å²) >= 11 is 0. The second-order valence-corrected chi connectivity index (χ2v) is 8.14. The predicted octanol–water partition coefficient (Wildman–Crippen LogP) is 5.30. The molecule has 2 N–H and O–H groups in total. The largest absolute Gasteiger partial charge is 0.493 e. The fourth-order valence-corrected chi connectivity index (χ4v) is 4.07. The minimum atomic E-state index is -0.884. The zero-order chi connectivity index (χ0) is 22.7. The van der Waals surface area contributed by atoms with Gasteiger partial charge >= 0.3 is 5.97 Å². The first-order chi connectivity index (χ1) is 15.4. The highest BCUT2D eigenvalue weighted by atomic mass is 16.5. The third-order valence-corrected chi connectivity index (χ3v) is 5.80. The number of nitrogens with zero attached hydrogens (tertiary/aromatic N) is 1. The van der Waals surface area contributed by atoms with Crippen molar-refractivity contribution in [1.82, 2.24) is 4.57 Å². The molecular formula is C27H27NO4. The first-order valence-electron chi connectivity index (χ1n) is 10.7. The maximum absolute atomic E-state index is 11.2. The number of benzene rings is 3. The molecule has 0 saturated heterocycles. The van der Waals surface area contributed by atoms with E-state index in [1.807, 2.05) is 78.2 Å². The van der Waals surface area contributed by atoms with Crippen molar-refractivity contribution in [3.63, 3.8) is 0 Å². The first kappa shape index (κ1) is 21.7. The number of aromatic nitrogens is 1. The number of aliphatic carboxylic acids is 1. The molecule has 5 heteroatoms. The highest BCUT2D eigenvalue weighted by molar-refractivity contribution is 5.88. The molecule has 4 aromatic rings. The topological polar surface area (TPSA) is 71.7 Å². The Hall–Kier alpha value is -3.57. The molecule has 5 nitrogen and oxygen atoms in total. The second-order valence-electron chi connectivity index (χ2n) is 8.14. The lowest BCUT2D eigenvalue weighted by Gasteiger charge is -2.18. The van der Waals surface area contributed by atoms with Gasteiger partial charge < -0.3 is 19.5 Å². The number of aryl methyl sites for hydroxylation is 1. The summed E-state index contributed by atoms with van der Waals surface area (Å²) in [6.45, 7) is 4.61. The van der Waals surface area contributed by atoms with E-state index < -0.39 is 12.2 Å². The fraction of sp³-hybridized carbons (Fsp3) is 0.222. The molecule has 3 aromatic carbocycles. The van der Waals surface area contributed by atoms with Gasteiger partial charge in [-0.1, -0.05) is 61.5 Å². The zero-order valence-corrected chi connectivity index (χ0v) is 18.2. The number of carbonyl (C=O) groups is 1. The van der Waals surface area contributed by atoms with E-state index in [-0.39, 0.29) is 12.3 Å². The standard InChI is InChI=1S/C27H27NO4/c1-18(20-7-4-3-5-8-20)17-32-23-13-11-21(12-14-23)27(31)28-19(2)15-24-22(16-26(29)30)9-6-10-25(24)28/h3-15,18,27,31H,16-17H2,1-2H3,(H,29,30). The molecule has 0 amide bonds. The summed E-state index contributed by atoms with van der Waals surface area (Å²) in [6.07, 6.45) is -0.936. The molecule has 2 atom stereocenters. The van der Waals surface area contributed by atoms with Crippen LogP contribution in [-0.2, 0) is 11.2 Å². The Kier molecular flexibility index (Phi) is 6.28. The van der Waals surface area contributed by atoms with E-state index in [0.29, 0.717) is 6.61 Å². The van der Waals surface area contributed by atoms with Crippen LogP contribution in [0.15, 0.2) is 78.9 Å². The molecule has 164 valence electrons. The van der Waals surface area contributed by atoms with Crippen LogP contribution in [0, 0.1) is 6.92 Å². The minimum absolute atomic E-state index is 0.0513. The van der Waals surface area contributed by atoms with Gasteiger partial charge in [0, 0.05) is 22.6 Å². The highest BCUT2D eigenvalue weighted by Crippen LogP contribution is 2.30. The van der Waals surface area contributed by atoms with Crippen LogP contribution in [0.1, 0.15) is 41.5 Å². The van der Waals surface area contributed by atoms with E-state index in [1.165, 1.54) is 5.56 Å². The van der Waals surface area contributed by atoms with Crippen molar-refractivity contribution in [2.24, 2.45) is 0 Å². The number of ether oxygens (including phenoxy) is 1. The molecular weight excluding hydrogens is 402 g/mol. The van der Waals surface area contributed by atoms with Crippen LogP contribution in [0.3, 0.4) is 0 Å². The number of aliphatic hydroxyl groups is 1. The molecule has 0 aliphatic rings. The third-order valence-electron chi connectivity index (χ3n) is 5.80. The normalized spacial score (nSPS) is 13.1. The lowest BCUT2D eigenvalue weighted by Crippen LogP contribution is -2.11. The third kappa shape index (κ3) is 4.53. The van der Waals surface area contributed by atoms with Gasteiger partial charge in [0.2, 0.25) is 0 Å². The van der Waals surface area contributed by atoms with Crippen molar-refractivity contribution in [1.29, 1.82) is 0 Å². The Morgan fingerprint density at radius 1 is 0.969 bits per heavy atom. The molecule has 0 aliphatic heterocycles. The predicted molar refractivity (Wildman–Crippen MR) is 125 cm³/mol. The van der Waals surface area contributed by atoms with E-state index in [9.17, 15) is 15.0 Å². The molecule has 1 aromatic heterocycles. The average Bonchev–Trinajstić information content (AvgIpc) is 3.14. The smallest absolute Gasteiger partial charge is 0.307 e. The number of hydrogen-bond donors (Lipinski definition) is 2. The molecule has 0 spiro atoms. The van der Waals surface area contributed by atoms with Gasteiger partial charge in [-0.3, -0.25) is 4.79 Å². The van der Waals surface area contributed by atoms with Crippen LogP contribution in [0.5, 0.6) is 5.75 Å². The monoisotopic (exact) mass is 429 g/mol. The molecule has 1 heterocycles. The van der Waals surface area contributed by atoms with Crippen LogP contribution in [-0.4, -0.2) is 27.4 Å². The van der Waals surface area contributed by atoms with Gasteiger partial charge in [0.05, 0.1) is 18.5 Å². The maximum atomic E-state index is 11.2. The van der Waals surface area contributed by atoms with Crippen LogP contribution >= 0.6 is 0 Å². The summed E-state index contributed by atoms with van der Waals surface area (Å²) in [5.41, 5.74) is 4.38. The van der Waals surface area contributed by atoms with Crippen LogP contribution in [0.25, 0.3) is 10.9 Å². The SMILES string of the molecule is Cc1cc2c(CC(=O)O)cccc2n1C(O)c1ccc(OCC(C)c2ccccc2)cc1. The molecule has 32 heavy (non-hydrogen) atoms.